The van der Waals surface area contributed by atoms with Crippen molar-refractivity contribution in [3.8, 4) is 33.9 Å². The first-order chi connectivity index (χ1) is 33.9. The predicted octanol–water partition coefficient (Wildman–Crippen LogP) is 16.4. The highest BCUT2D eigenvalue weighted by atomic mass is 15.1. The lowest BCUT2D eigenvalue weighted by atomic mass is 9.82. The second-order valence-electron chi connectivity index (χ2n) is 19.8. The molecule has 0 aliphatic heterocycles. The monoisotopic (exact) mass is 883 g/mol. The molecule has 1 unspecified atom stereocenters. The number of para-hydroxylation sites is 5. The molecule has 4 aromatic heterocycles. The molecule has 0 radical (unpaired) electrons. The van der Waals surface area contributed by atoms with E-state index in [2.05, 4.69) is 229 Å². The molecule has 0 saturated carbocycles. The Labute approximate surface area is 398 Å². The van der Waals surface area contributed by atoms with Gasteiger partial charge in [0.25, 0.3) is 0 Å². The van der Waals surface area contributed by atoms with Crippen LogP contribution in [0.4, 0.5) is 0 Å². The second-order valence-corrected chi connectivity index (χ2v) is 19.8. The van der Waals surface area contributed by atoms with Crippen LogP contribution in [0.5, 0.6) is 0 Å². The minimum absolute atomic E-state index is 0.0500. The van der Waals surface area contributed by atoms with Gasteiger partial charge in [0.15, 0.2) is 5.82 Å². The van der Waals surface area contributed by atoms with Crippen molar-refractivity contribution < 1.29 is 0 Å². The summed E-state index contributed by atoms with van der Waals surface area (Å²) in [5.74, 6) is 1.01. The molecule has 0 fully saturated rings. The molecule has 69 heavy (non-hydrogen) atoms. The first-order valence-electron chi connectivity index (χ1n) is 24.2. The smallest absolute Gasteiger partial charge is 0.164 e. The Morgan fingerprint density at radius 3 is 1.84 bits per heavy atom. The molecule has 2 aliphatic rings. The molecule has 15 rings (SSSR count). The molecule has 0 N–H and O–H groups in total. The number of nitrogens with zero attached hydrogens (tertiary/aromatic N) is 5. The molecule has 5 nitrogen and oxygen atoms in total. The number of rotatable bonds is 4. The number of benzene rings is 9. The maximum Gasteiger partial charge on any atom is 0.164 e. The first kappa shape index (κ1) is 38.6. The van der Waals surface area contributed by atoms with Crippen LogP contribution in [0.15, 0.2) is 194 Å². The number of hydrogen-bond donors (Lipinski definition) is 0. The predicted molar refractivity (Wildman–Crippen MR) is 288 cm³/mol. The Morgan fingerprint density at radius 2 is 1.07 bits per heavy atom. The lowest BCUT2D eigenvalue weighted by Gasteiger charge is -2.25. The Bertz CT molecular complexity index is 4400. The minimum Gasteiger partial charge on any atom is -0.313 e. The molecule has 0 bridgehead atoms. The van der Waals surface area contributed by atoms with Gasteiger partial charge in [0.1, 0.15) is 5.69 Å². The van der Waals surface area contributed by atoms with Crippen LogP contribution in [-0.2, 0) is 5.41 Å². The summed E-state index contributed by atoms with van der Waals surface area (Å²) < 4.78 is 7.48. The fourth-order valence-electron chi connectivity index (χ4n) is 12.6. The van der Waals surface area contributed by atoms with Crippen molar-refractivity contribution in [1.29, 1.82) is 0 Å². The molecule has 0 saturated heterocycles. The number of hydrogen-bond acceptors (Lipinski definition) is 2. The second kappa shape index (κ2) is 14.0. The number of aromatic nitrogens is 5. The zero-order valence-corrected chi connectivity index (χ0v) is 38.6. The van der Waals surface area contributed by atoms with Crippen LogP contribution in [0.2, 0.25) is 0 Å². The SMILES string of the molecule is CC1CC(n2c3ccccc3c3c4c5ccccc5n(-c5ccc6c(c5)-c5ccccc5C6(C)C)c4ccc32)=Cc2c1n(-c1nc3ccccc3nc1-c1ccc3ccccc3c1)c1ccccc21. The van der Waals surface area contributed by atoms with Crippen molar-refractivity contribution in [2.24, 2.45) is 0 Å². The van der Waals surface area contributed by atoms with Crippen LogP contribution >= 0.6 is 0 Å². The number of allylic oxidation sites excluding steroid dienone is 1. The normalized spacial score (nSPS) is 15.2. The van der Waals surface area contributed by atoms with Gasteiger partial charge in [-0.3, -0.25) is 4.57 Å². The van der Waals surface area contributed by atoms with E-state index >= 15 is 0 Å². The zero-order chi connectivity index (χ0) is 45.7. The zero-order valence-electron chi connectivity index (χ0n) is 38.6. The van der Waals surface area contributed by atoms with Gasteiger partial charge in [-0.2, -0.15) is 0 Å². The lowest BCUT2D eigenvalue weighted by Crippen LogP contribution is -2.14. The van der Waals surface area contributed by atoms with Crippen LogP contribution in [0.1, 0.15) is 55.5 Å². The maximum absolute atomic E-state index is 5.50. The van der Waals surface area contributed by atoms with Crippen molar-refractivity contribution in [2.45, 2.75) is 38.5 Å². The van der Waals surface area contributed by atoms with Gasteiger partial charge in [-0.1, -0.05) is 154 Å². The van der Waals surface area contributed by atoms with Crippen LogP contribution in [0.25, 0.3) is 122 Å². The largest absolute Gasteiger partial charge is 0.313 e. The van der Waals surface area contributed by atoms with Crippen molar-refractivity contribution in [1.82, 2.24) is 23.7 Å². The Morgan fingerprint density at radius 1 is 0.478 bits per heavy atom. The molecule has 4 heterocycles. The number of fused-ring (bicyclic) bond motifs is 15. The Hall–Kier alpha value is -8.54. The summed E-state index contributed by atoms with van der Waals surface area (Å²) in [5, 5.41) is 8.70. The van der Waals surface area contributed by atoms with Gasteiger partial charge in [0.2, 0.25) is 0 Å². The topological polar surface area (TPSA) is 40.6 Å². The Balaban J connectivity index is 0.959. The average Bonchev–Trinajstić information content (AvgIpc) is 4.09. The summed E-state index contributed by atoms with van der Waals surface area (Å²) in [7, 11) is 0. The molecule has 0 spiro atoms. The van der Waals surface area contributed by atoms with Gasteiger partial charge >= 0.3 is 0 Å². The van der Waals surface area contributed by atoms with E-state index in [0.29, 0.717) is 0 Å². The molecule has 9 aromatic carbocycles. The molecular formula is C64H45N5. The summed E-state index contributed by atoms with van der Waals surface area (Å²) in [6, 6.07) is 71.2. The van der Waals surface area contributed by atoms with Crippen molar-refractivity contribution in [3.05, 3.63) is 217 Å². The molecule has 5 heteroatoms. The highest BCUT2D eigenvalue weighted by Crippen LogP contribution is 2.51. The van der Waals surface area contributed by atoms with Gasteiger partial charge in [-0.25, -0.2) is 9.97 Å². The van der Waals surface area contributed by atoms with E-state index in [1.165, 1.54) is 105 Å². The summed E-state index contributed by atoms with van der Waals surface area (Å²) in [6.07, 6.45) is 3.32. The molecule has 2 aliphatic carbocycles. The van der Waals surface area contributed by atoms with Crippen LogP contribution in [0.3, 0.4) is 0 Å². The van der Waals surface area contributed by atoms with E-state index in [0.717, 1.165) is 40.0 Å². The maximum atomic E-state index is 5.50. The van der Waals surface area contributed by atoms with E-state index in [1.54, 1.807) is 0 Å². The van der Waals surface area contributed by atoms with Gasteiger partial charge < -0.3 is 9.13 Å². The quantitative estimate of drug-likeness (QED) is 0.177. The van der Waals surface area contributed by atoms with E-state index in [1.807, 2.05) is 6.07 Å². The summed E-state index contributed by atoms with van der Waals surface area (Å²) in [6.45, 7) is 7.10. The van der Waals surface area contributed by atoms with E-state index < -0.39 is 0 Å². The summed E-state index contributed by atoms with van der Waals surface area (Å²) in [5.41, 5.74) is 20.1. The van der Waals surface area contributed by atoms with Crippen LogP contribution in [-0.4, -0.2) is 23.7 Å². The summed E-state index contributed by atoms with van der Waals surface area (Å²) >= 11 is 0. The third-order valence-corrected chi connectivity index (χ3v) is 15.6. The fraction of sp³-hybridized carbons (Fsp3) is 0.0938. The molecule has 13 aromatic rings. The molecule has 326 valence electrons. The first-order valence-corrected chi connectivity index (χ1v) is 24.2. The third-order valence-electron chi connectivity index (χ3n) is 15.6. The van der Waals surface area contributed by atoms with Gasteiger partial charge in [-0.15, -0.1) is 0 Å². The highest BCUT2D eigenvalue weighted by molar-refractivity contribution is 6.29. The lowest BCUT2D eigenvalue weighted by molar-refractivity contribution is 0.660. The highest BCUT2D eigenvalue weighted by Gasteiger charge is 2.36. The van der Waals surface area contributed by atoms with Crippen molar-refractivity contribution in [2.75, 3.05) is 0 Å². The minimum atomic E-state index is -0.0500. The molecular weight excluding hydrogens is 839 g/mol. The summed E-state index contributed by atoms with van der Waals surface area (Å²) in [4.78, 5) is 10.9. The van der Waals surface area contributed by atoms with E-state index in [9.17, 15) is 0 Å². The third kappa shape index (κ3) is 5.30. The molecule has 0 amide bonds. The fourth-order valence-corrected chi connectivity index (χ4v) is 12.6. The van der Waals surface area contributed by atoms with Gasteiger partial charge in [0.05, 0.1) is 38.6 Å². The standard InChI is InChI=1S/C64H45N5/c1-38-34-43(37-49-45-19-7-13-25-54(45)69(62(38)49)63-61(65-52-23-11-12-24-53(52)66-63)41-29-28-39-16-4-5-17-40(39)35-41)68-56-27-15-9-21-47(56)60-58(68)33-32-57-59(60)46-20-8-14-26-55(46)67(57)42-30-31-51-48(36-42)44-18-6-10-22-50(44)64(51,2)3/h4-33,35-38H,34H2,1-3H3. The average molecular weight is 884 g/mol. The van der Waals surface area contributed by atoms with Gasteiger partial charge in [-0.05, 0) is 106 Å². The van der Waals surface area contributed by atoms with Crippen molar-refractivity contribution in [3.63, 3.8) is 0 Å². The molecule has 1 atom stereocenters. The van der Waals surface area contributed by atoms with Crippen LogP contribution < -0.4 is 0 Å². The van der Waals surface area contributed by atoms with E-state index in [4.69, 9.17) is 9.97 Å². The van der Waals surface area contributed by atoms with Crippen molar-refractivity contribution >= 4 is 88.1 Å². The van der Waals surface area contributed by atoms with Crippen LogP contribution in [0, 0.1) is 0 Å². The van der Waals surface area contributed by atoms with E-state index in [-0.39, 0.29) is 11.3 Å². The Kier molecular flexibility index (Phi) is 7.82. The van der Waals surface area contributed by atoms with Gasteiger partial charge in [0, 0.05) is 66.5 Å².